The molecule has 0 unspecified atom stereocenters. The molecule has 0 fully saturated rings. The number of benzene rings is 1. The van der Waals surface area contributed by atoms with Crippen LogP contribution in [0.4, 0.5) is 5.13 Å². The fraction of sp³-hybridized carbons (Fsp3) is 0.308. The molecule has 0 aliphatic heterocycles. The Morgan fingerprint density at radius 3 is 2.25 bits per heavy atom. The minimum atomic E-state index is -0.379. The van der Waals surface area contributed by atoms with Crippen molar-refractivity contribution in [2.75, 3.05) is 18.0 Å². The third-order valence-corrected chi connectivity index (χ3v) is 3.91. The van der Waals surface area contributed by atoms with E-state index >= 15 is 0 Å². The van der Waals surface area contributed by atoms with E-state index in [1.165, 1.54) is 11.3 Å². The molecule has 20 heavy (non-hydrogen) atoms. The quantitative estimate of drug-likeness (QED) is 0.789. The van der Waals surface area contributed by atoms with E-state index in [2.05, 4.69) is 4.98 Å². The summed E-state index contributed by atoms with van der Waals surface area (Å²) in [7, 11) is 0. The molecular formula is C13H16N4O2S. The van der Waals surface area contributed by atoms with E-state index in [0.29, 0.717) is 13.1 Å². The van der Waals surface area contributed by atoms with E-state index in [-0.39, 0.29) is 24.7 Å². The van der Waals surface area contributed by atoms with E-state index in [9.17, 15) is 9.59 Å². The third-order valence-electron chi connectivity index (χ3n) is 2.81. The molecule has 0 aliphatic rings. The molecule has 0 bridgehead atoms. The fourth-order valence-corrected chi connectivity index (χ4v) is 2.81. The summed E-state index contributed by atoms with van der Waals surface area (Å²) in [6.07, 6.45) is 0.434. The normalized spacial score (nSPS) is 10.6. The first-order valence-electron chi connectivity index (χ1n) is 6.23. The Hall–Kier alpha value is -2.15. The smallest absolute Gasteiger partial charge is 0.219 e. The van der Waals surface area contributed by atoms with Gasteiger partial charge < -0.3 is 16.4 Å². The summed E-state index contributed by atoms with van der Waals surface area (Å²) in [6, 6.07) is 7.77. The van der Waals surface area contributed by atoms with E-state index < -0.39 is 0 Å². The molecule has 2 rings (SSSR count). The van der Waals surface area contributed by atoms with Crippen LogP contribution in [0.25, 0.3) is 10.2 Å². The molecule has 6 nitrogen and oxygen atoms in total. The van der Waals surface area contributed by atoms with Crippen molar-refractivity contribution in [3.63, 3.8) is 0 Å². The van der Waals surface area contributed by atoms with Crippen LogP contribution < -0.4 is 16.4 Å². The fourth-order valence-electron chi connectivity index (χ4n) is 1.79. The van der Waals surface area contributed by atoms with Crippen LogP contribution in [0.5, 0.6) is 0 Å². The SMILES string of the molecule is NC(=O)CCN(CCC(N)=O)c1nc2ccccc2s1. The van der Waals surface area contributed by atoms with Gasteiger partial charge in [-0.2, -0.15) is 0 Å². The number of carbonyl (C=O) groups is 2. The van der Waals surface area contributed by atoms with Crippen LogP contribution in [0.3, 0.4) is 0 Å². The highest BCUT2D eigenvalue weighted by Gasteiger charge is 2.13. The van der Waals surface area contributed by atoms with Gasteiger partial charge in [0.25, 0.3) is 0 Å². The first-order valence-corrected chi connectivity index (χ1v) is 7.05. The van der Waals surface area contributed by atoms with Crippen LogP contribution in [0, 0.1) is 0 Å². The summed E-state index contributed by atoms with van der Waals surface area (Å²) in [4.78, 5) is 28.2. The van der Waals surface area contributed by atoms with Crippen molar-refractivity contribution in [1.29, 1.82) is 0 Å². The second-order valence-electron chi connectivity index (χ2n) is 4.38. The molecular weight excluding hydrogens is 276 g/mol. The first kappa shape index (κ1) is 14.3. The molecule has 0 saturated heterocycles. The van der Waals surface area contributed by atoms with Gasteiger partial charge in [-0.05, 0) is 12.1 Å². The van der Waals surface area contributed by atoms with Gasteiger partial charge in [0.05, 0.1) is 10.2 Å². The number of para-hydroxylation sites is 1. The lowest BCUT2D eigenvalue weighted by molar-refractivity contribution is -0.118. The van der Waals surface area contributed by atoms with Crippen LogP contribution in [-0.4, -0.2) is 29.9 Å². The number of carbonyl (C=O) groups excluding carboxylic acids is 2. The highest BCUT2D eigenvalue weighted by Crippen LogP contribution is 2.28. The number of thiazole rings is 1. The molecule has 106 valence electrons. The maximum Gasteiger partial charge on any atom is 0.219 e. The summed E-state index contributed by atoms with van der Waals surface area (Å²) in [5.41, 5.74) is 11.3. The number of primary amides is 2. The zero-order valence-electron chi connectivity index (χ0n) is 10.9. The van der Waals surface area contributed by atoms with Crippen LogP contribution in [0.2, 0.25) is 0 Å². The average molecular weight is 292 g/mol. The van der Waals surface area contributed by atoms with Crippen molar-refractivity contribution < 1.29 is 9.59 Å². The zero-order chi connectivity index (χ0) is 14.5. The molecule has 7 heteroatoms. The molecule has 1 heterocycles. The van der Waals surface area contributed by atoms with Gasteiger partial charge in [0, 0.05) is 25.9 Å². The maximum absolute atomic E-state index is 10.9. The van der Waals surface area contributed by atoms with Gasteiger partial charge in [-0.1, -0.05) is 23.5 Å². The predicted molar refractivity (Wildman–Crippen MR) is 79.5 cm³/mol. The molecule has 2 aromatic rings. The summed E-state index contributed by atoms with van der Waals surface area (Å²) in [5, 5.41) is 0.772. The average Bonchev–Trinajstić information content (AvgIpc) is 2.81. The van der Waals surface area contributed by atoms with E-state index in [1.54, 1.807) is 0 Å². The first-order chi connectivity index (χ1) is 9.56. The number of nitrogens with zero attached hydrogens (tertiary/aromatic N) is 2. The molecule has 1 aromatic heterocycles. The highest BCUT2D eigenvalue weighted by molar-refractivity contribution is 7.22. The Labute approximate surface area is 120 Å². The minimum Gasteiger partial charge on any atom is -0.370 e. The summed E-state index contributed by atoms with van der Waals surface area (Å²) < 4.78 is 1.06. The molecule has 0 radical (unpaired) electrons. The van der Waals surface area contributed by atoms with Gasteiger partial charge in [0.2, 0.25) is 11.8 Å². The Kier molecular flexibility index (Phi) is 4.52. The second-order valence-corrected chi connectivity index (χ2v) is 5.39. The lowest BCUT2D eigenvalue weighted by Gasteiger charge is -2.20. The van der Waals surface area contributed by atoms with Crippen molar-refractivity contribution >= 4 is 38.5 Å². The van der Waals surface area contributed by atoms with Crippen LogP contribution in [0.1, 0.15) is 12.8 Å². The third kappa shape index (κ3) is 3.67. The predicted octanol–water partition coefficient (Wildman–Crippen LogP) is 0.854. The maximum atomic E-state index is 10.9. The van der Waals surface area contributed by atoms with Crippen LogP contribution in [-0.2, 0) is 9.59 Å². The van der Waals surface area contributed by atoms with Gasteiger partial charge in [-0.15, -0.1) is 0 Å². The largest absolute Gasteiger partial charge is 0.370 e. The number of hydrogen-bond acceptors (Lipinski definition) is 5. The minimum absolute atomic E-state index is 0.217. The number of anilines is 1. The van der Waals surface area contributed by atoms with E-state index in [1.807, 2.05) is 29.2 Å². The second kappa shape index (κ2) is 6.33. The number of amides is 2. The Balaban J connectivity index is 2.19. The number of nitrogens with two attached hydrogens (primary N) is 2. The number of fused-ring (bicyclic) bond motifs is 1. The van der Waals surface area contributed by atoms with Gasteiger partial charge in [0.1, 0.15) is 0 Å². The summed E-state index contributed by atoms with van der Waals surface area (Å²) >= 11 is 1.52. The molecule has 0 saturated carbocycles. The van der Waals surface area contributed by atoms with Gasteiger partial charge >= 0.3 is 0 Å². The van der Waals surface area contributed by atoms with Gasteiger partial charge in [-0.3, -0.25) is 9.59 Å². The van der Waals surface area contributed by atoms with Gasteiger partial charge in [0.15, 0.2) is 5.13 Å². The van der Waals surface area contributed by atoms with Crippen LogP contribution in [0.15, 0.2) is 24.3 Å². The zero-order valence-corrected chi connectivity index (χ0v) is 11.7. The lowest BCUT2D eigenvalue weighted by atomic mass is 10.3. The van der Waals surface area contributed by atoms with Gasteiger partial charge in [-0.25, -0.2) is 4.98 Å². The summed E-state index contributed by atoms with van der Waals surface area (Å²) in [5.74, 6) is -0.759. The summed E-state index contributed by atoms with van der Waals surface area (Å²) in [6.45, 7) is 0.866. The van der Waals surface area contributed by atoms with Crippen molar-refractivity contribution in [1.82, 2.24) is 4.98 Å². The molecule has 0 spiro atoms. The monoisotopic (exact) mass is 292 g/mol. The Morgan fingerprint density at radius 1 is 1.10 bits per heavy atom. The van der Waals surface area contributed by atoms with Crippen LogP contribution >= 0.6 is 11.3 Å². The van der Waals surface area contributed by atoms with Crippen molar-refractivity contribution in [2.24, 2.45) is 11.5 Å². The lowest BCUT2D eigenvalue weighted by Crippen LogP contribution is -2.31. The highest BCUT2D eigenvalue weighted by atomic mass is 32.1. The number of aromatic nitrogens is 1. The van der Waals surface area contributed by atoms with Crippen molar-refractivity contribution in [2.45, 2.75) is 12.8 Å². The topological polar surface area (TPSA) is 102 Å². The Morgan fingerprint density at radius 2 is 1.70 bits per heavy atom. The Bertz CT molecular complexity index is 575. The molecule has 0 aliphatic carbocycles. The molecule has 0 atom stereocenters. The van der Waals surface area contributed by atoms with Crippen molar-refractivity contribution in [3.05, 3.63) is 24.3 Å². The van der Waals surface area contributed by atoms with E-state index in [4.69, 9.17) is 11.5 Å². The van der Waals surface area contributed by atoms with E-state index in [0.717, 1.165) is 15.3 Å². The molecule has 1 aromatic carbocycles. The number of hydrogen-bond donors (Lipinski definition) is 2. The van der Waals surface area contributed by atoms with Crippen molar-refractivity contribution in [3.8, 4) is 0 Å². The molecule has 2 amide bonds. The number of rotatable bonds is 7. The standard InChI is InChI=1S/C13H16N4O2S/c14-11(18)5-7-17(8-6-12(15)19)13-16-9-3-1-2-4-10(9)20-13/h1-4H,5-8H2,(H2,14,18)(H2,15,19). The molecule has 4 N–H and O–H groups in total.